The highest BCUT2D eigenvalue weighted by Crippen LogP contribution is 2.30. The summed E-state index contributed by atoms with van der Waals surface area (Å²) in [6.45, 7) is 2.27. The maximum Gasteiger partial charge on any atom is 0.354 e. The van der Waals surface area contributed by atoms with E-state index in [1.807, 2.05) is 0 Å². The summed E-state index contributed by atoms with van der Waals surface area (Å²) in [5.74, 6) is -2.92. The third kappa shape index (κ3) is 3.00. The van der Waals surface area contributed by atoms with E-state index in [0.29, 0.717) is 5.02 Å². The third-order valence-electron chi connectivity index (χ3n) is 4.22. The number of fused-ring (bicyclic) bond motifs is 1. The Morgan fingerprint density at radius 3 is 1.93 bits per heavy atom. The lowest BCUT2D eigenvalue weighted by molar-refractivity contribution is -0.170. The summed E-state index contributed by atoms with van der Waals surface area (Å²) in [5.41, 5.74) is 0.155. The number of benzene rings is 2. The Balaban J connectivity index is 1.88. The van der Waals surface area contributed by atoms with Gasteiger partial charge in [-0.1, -0.05) is 28.8 Å². The van der Waals surface area contributed by atoms with Gasteiger partial charge in [0.25, 0.3) is 11.8 Å². The first-order valence-corrected chi connectivity index (χ1v) is 9.64. The smallest absolute Gasteiger partial charge is 0.328 e. The molecular formula is C18H14ClNO6S. The Morgan fingerprint density at radius 1 is 0.963 bits per heavy atom. The maximum absolute atomic E-state index is 12.8. The molecule has 0 saturated carbocycles. The number of rotatable bonds is 4. The molecule has 3 rings (SSSR count). The number of nitrogens with zero attached hydrogens (tertiary/aromatic N) is 1. The fraction of sp³-hybridized carbons (Fsp3) is 0.167. The van der Waals surface area contributed by atoms with Crippen LogP contribution in [0.1, 0.15) is 34.6 Å². The molecule has 0 spiro atoms. The van der Waals surface area contributed by atoms with E-state index in [9.17, 15) is 22.8 Å². The van der Waals surface area contributed by atoms with Gasteiger partial charge in [0.1, 0.15) is 0 Å². The molecule has 1 aliphatic rings. The third-order valence-corrected chi connectivity index (χ3v) is 6.87. The van der Waals surface area contributed by atoms with Gasteiger partial charge in [-0.3, -0.25) is 9.59 Å². The molecule has 7 nitrogen and oxygen atoms in total. The maximum atomic E-state index is 12.8. The zero-order valence-corrected chi connectivity index (χ0v) is 15.9. The highest BCUT2D eigenvalue weighted by Gasteiger charge is 2.48. The van der Waals surface area contributed by atoms with Crippen molar-refractivity contribution >= 4 is 39.2 Å². The van der Waals surface area contributed by atoms with E-state index in [-0.39, 0.29) is 21.1 Å². The van der Waals surface area contributed by atoms with Crippen LogP contribution in [0.15, 0.2) is 53.4 Å². The summed E-state index contributed by atoms with van der Waals surface area (Å²) in [7, 11) is -4.18. The first-order valence-electron chi connectivity index (χ1n) is 7.78. The number of carbonyl (C=O) groups excluding carboxylic acids is 3. The molecule has 9 heteroatoms. The van der Waals surface area contributed by atoms with Gasteiger partial charge in [-0.05, 0) is 50.2 Å². The summed E-state index contributed by atoms with van der Waals surface area (Å²) in [4.78, 5) is 41.9. The number of hydrogen-bond donors (Lipinski definition) is 0. The fourth-order valence-corrected chi connectivity index (χ4v) is 3.93. The molecule has 2 amide bonds. The van der Waals surface area contributed by atoms with Crippen molar-refractivity contribution in [1.29, 1.82) is 0 Å². The number of halogens is 1. The average molecular weight is 408 g/mol. The summed E-state index contributed by atoms with van der Waals surface area (Å²) < 4.78 is 23.6. The Labute approximate surface area is 160 Å². The molecule has 0 fully saturated rings. The molecule has 0 aliphatic carbocycles. The van der Waals surface area contributed by atoms with Crippen LogP contribution in [-0.2, 0) is 19.5 Å². The summed E-state index contributed by atoms with van der Waals surface area (Å²) in [6.07, 6.45) is 0. The van der Waals surface area contributed by atoms with E-state index in [2.05, 4.69) is 0 Å². The highest BCUT2D eigenvalue weighted by molar-refractivity contribution is 7.93. The van der Waals surface area contributed by atoms with Crippen LogP contribution in [0.5, 0.6) is 0 Å². The second kappa shape index (κ2) is 6.47. The van der Waals surface area contributed by atoms with Gasteiger partial charge >= 0.3 is 5.97 Å². The van der Waals surface area contributed by atoms with E-state index >= 15 is 0 Å². The SMILES string of the molecule is CC(C)(C(=O)ON1C(=O)c2ccccc2C1=O)S(=O)(=O)c1ccc(Cl)cc1. The van der Waals surface area contributed by atoms with E-state index in [1.165, 1.54) is 36.4 Å². The molecular weight excluding hydrogens is 394 g/mol. The van der Waals surface area contributed by atoms with Crippen molar-refractivity contribution in [3.63, 3.8) is 0 Å². The molecule has 27 heavy (non-hydrogen) atoms. The number of sulfone groups is 1. The van der Waals surface area contributed by atoms with Crippen molar-refractivity contribution in [2.75, 3.05) is 0 Å². The molecule has 0 aromatic heterocycles. The zero-order valence-electron chi connectivity index (χ0n) is 14.3. The largest absolute Gasteiger partial charge is 0.354 e. The van der Waals surface area contributed by atoms with Gasteiger partial charge in [0.2, 0.25) is 0 Å². The monoisotopic (exact) mass is 407 g/mol. The Hall–Kier alpha value is -2.71. The fourth-order valence-electron chi connectivity index (χ4n) is 2.46. The minimum atomic E-state index is -4.18. The number of hydroxylamine groups is 2. The molecule has 140 valence electrons. The van der Waals surface area contributed by atoms with Gasteiger partial charge in [-0.15, -0.1) is 0 Å². The van der Waals surface area contributed by atoms with Crippen molar-refractivity contribution in [1.82, 2.24) is 5.06 Å². The highest BCUT2D eigenvalue weighted by atomic mass is 35.5. The van der Waals surface area contributed by atoms with Crippen LogP contribution in [0.2, 0.25) is 5.02 Å². The van der Waals surface area contributed by atoms with Gasteiger partial charge in [0.15, 0.2) is 14.6 Å². The van der Waals surface area contributed by atoms with Crippen molar-refractivity contribution in [3.05, 3.63) is 64.7 Å². The summed E-state index contributed by atoms with van der Waals surface area (Å²) in [5, 5.41) is 0.618. The van der Waals surface area contributed by atoms with Crippen LogP contribution in [-0.4, -0.2) is 36.0 Å². The number of hydrogen-bond acceptors (Lipinski definition) is 6. The predicted molar refractivity (Wildman–Crippen MR) is 95.8 cm³/mol. The second-order valence-electron chi connectivity index (χ2n) is 6.30. The van der Waals surface area contributed by atoms with Gasteiger partial charge in [-0.25, -0.2) is 13.2 Å². The summed E-state index contributed by atoms with van der Waals surface area (Å²) in [6, 6.07) is 11.2. The van der Waals surface area contributed by atoms with Gasteiger partial charge in [-0.2, -0.15) is 0 Å². The molecule has 0 saturated heterocycles. The van der Waals surface area contributed by atoms with E-state index in [0.717, 1.165) is 13.8 Å². The van der Waals surface area contributed by atoms with Crippen LogP contribution in [0.4, 0.5) is 0 Å². The molecule has 0 radical (unpaired) electrons. The molecule has 0 N–H and O–H groups in total. The molecule has 1 aliphatic heterocycles. The molecule has 2 aromatic rings. The lowest BCUT2D eigenvalue weighted by Gasteiger charge is -2.24. The van der Waals surface area contributed by atoms with Gasteiger partial charge < -0.3 is 4.84 Å². The van der Waals surface area contributed by atoms with Crippen molar-refractivity contribution in [2.45, 2.75) is 23.5 Å². The zero-order chi connectivity index (χ0) is 20.0. The van der Waals surface area contributed by atoms with Gasteiger partial charge in [0.05, 0.1) is 16.0 Å². The van der Waals surface area contributed by atoms with E-state index in [4.69, 9.17) is 16.4 Å². The lowest BCUT2D eigenvalue weighted by atomic mass is 10.1. The minimum absolute atomic E-state index is 0.0775. The van der Waals surface area contributed by atoms with Crippen molar-refractivity contribution in [2.24, 2.45) is 0 Å². The second-order valence-corrected chi connectivity index (χ2v) is 9.23. The molecule has 1 heterocycles. The number of carbonyl (C=O) groups is 3. The van der Waals surface area contributed by atoms with Crippen LogP contribution in [0, 0.1) is 0 Å². The molecule has 0 atom stereocenters. The Bertz CT molecular complexity index is 1020. The standard InChI is InChI=1S/C18H14ClNO6S/c1-18(2,27(24,25)12-9-7-11(19)8-10-12)17(23)26-20-15(21)13-5-3-4-6-14(13)16(20)22/h3-10H,1-2H3. The quantitative estimate of drug-likeness (QED) is 0.722. The number of amides is 2. The van der Waals surface area contributed by atoms with Crippen molar-refractivity contribution < 1.29 is 27.6 Å². The lowest BCUT2D eigenvalue weighted by Crippen LogP contribution is -2.46. The van der Waals surface area contributed by atoms with E-state index < -0.39 is 32.4 Å². The predicted octanol–water partition coefficient (Wildman–Crippen LogP) is 2.65. The topological polar surface area (TPSA) is 97.8 Å². The number of imide groups is 1. The van der Waals surface area contributed by atoms with Crippen LogP contribution >= 0.6 is 11.6 Å². The van der Waals surface area contributed by atoms with Crippen LogP contribution in [0.25, 0.3) is 0 Å². The van der Waals surface area contributed by atoms with Crippen LogP contribution in [0.3, 0.4) is 0 Å². The van der Waals surface area contributed by atoms with Crippen LogP contribution < -0.4 is 0 Å². The normalized spacial score (nSPS) is 14.3. The first-order chi connectivity index (χ1) is 12.6. The minimum Gasteiger partial charge on any atom is -0.328 e. The van der Waals surface area contributed by atoms with Crippen molar-refractivity contribution in [3.8, 4) is 0 Å². The molecule has 0 unspecified atom stereocenters. The Kier molecular flexibility index (Phi) is 4.57. The molecule has 2 aromatic carbocycles. The average Bonchev–Trinajstić information content (AvgIpc) is 2.87. The summed E-state index contributed by atoms with van der Waals surface area (Å²) >= 11 is 5.76. The first kappa shape index (κ1) is 19.1. The van der Waals surface area contributed by atoms with Gasteiger partial charge in [0, 0.05) is 5.02 Å². The molecule has 0 bridgehead atoms. The van der Waals surface area contributed by atoms with E-state index in [1.54, 1.807) is 12.1 Å². The Morgan fingerprint density at radius 2 is 1.44 bits per heavy atom.